The standard InChI is InChI=1S/C34H20O/c1-2-8-23-20-33-31(18-22(23)7-1)34-29(10-5-11-32(34)35-33)25-15-13-24-16-26-14-12-21-6-3-4-9-28(21)30(26)19-27(24)17-25/h1-20H/i3D,4D,6D,9D,12D,13D,14D,16D,17D,19D. The van der Waals surface area contributed by atoms with Crippen LogP contribution in [-0.4, -0.2) is 0 Å². The van der Waals surface area contributed by atoms with E-state index in [0.717, 1.165) is 21.5 Å². The molecule has 0 bridgehead atoms. The maximum Gasteiger partial charge on any atom is 0.136 e. The van der Waals surface area contributed by atoms with Gasteiger partial charge in [0.2, 0.25) is 0 Å². The van der Waals surface area contributed by atoms with Crippen LogP contribution in [0.4, 0.5) is 0 Å². The number of hydrogen-bond acceptors (Lipinski definition) is 1. The molecule has 0 N–H and O–H groups in total. The van der Waals surface area contributed by atoms with E-state index in [4.69, 9.17) is 15.4 Å². The molecule has 0 aliphatic rings. The molecule has 8 aromatic rings. The van der Waals surface area contributed by atoms with Crippen molar-refractivity contribution >= 4 is 65.0 Å². The van der Waals surface area contributed by atoms with Gasteiger partial charge >= 0.3 is 0 Å². The van der Waals surface area contributed by atoms with Crippen molar-refractivity contribution in [1.82, 2.24) is 0 Å². The fourth-order valence-electron chi connectivity index (χ4n) is 4.90. The van der Waals surface area contributed by atoms with Gasteiger partial charge in [-0.1, -0.05) is 84.8 Å². The van der Waals surface area contributed by atoms with E-state index in [9.17, 15) is 2.74 Å². The SMILES string of the molecule is [2H]c1c([2H])c([2H])c2c(c1[2H])c([2H])c([2H])c1c([2H])c3c([2H])cc(-c4cccc5oc6cc7ccccc7cc6c45)c([2H])c3c([2H])c12. The van der Waals surface area contributed by atoms with E-state index in [2.05, 4.69) is 0 Å². The van der Waals surface area contributed by atoms with Crippen molar-refractivity contribution < 1.29 is 18.1 Å². The van der Waals surface area contributed by atoms with E-state index < -0.39 is 36.3 Å². The molecule has 7 aromatic carbocycles. The van der Waals surface area contributed by atoms with E-state index in [1.807, 2.05) is 48.5 Å². The lowest BCUT2D eigenvalue weighted by atomic mass is 9.94. The molecule has 1 heteroatoms. The minimum absolute atomic E-state index is 0.0374. The average Bonchev–Trinajstić information content (AvgIpc) is 3.39. The zero-order chi connectivity index (χ0) is 31.6. The molecule has 0 spiro atoms. The van der Waals surface area contributed by atoms with Crippen LogP contribution >= 0.6 is 0 Å². The van der Waals surface area contributed by atoms with Crippen molar-refractivity contribution in [3.63, 3.8) is 0 Å². The number of benzene rings is 7. The molecule has 0 saturated carbocycles. The Bertz CT molecular complexity index is 2660. The van der Waals surface area contributed by atoms with Gasteiger partial charge in [0.1, 0.15) is 11.2 Å². The molecule has 1 nitrogen and oxygen atoms in total. The van der Waals surface area contributed by atoms with Gasteiger partial charge in [-0.3, -0.25) is 0 Å². The van der Waals surface area contributed by atoms with Crippen molar-refractivity contribution in [3.8, 4) is 11.1 Å². The smallest absolute Gasteiger partial charge is 0.136 e. The second-order valence-electron chi connectivity index (χ2n) is 8.55. The largest absolute Gasteiger partial charge is 0.456 e. The fraction of sp³-hybridized carbons (Fsp3) is 0. The van der Waals surface area contributed by atoms with Gasteiger partial charge in [0.05, 0.1) is 13.7 Å². The molecule has 162 valence electrons. The van der Waals surface area contributed by atoms with Crippen LogP contribution in [0.15, 0.2) is 126 Å². The van der Waals surface area contributed by atoms with Gasteiger partial charge in [-0.2, -0.15) is 0 Å². The molecule has 0 aliphatic heterocycles. The van der Waals surface area contributed by atoms with E-state index >= 15 is 0 Å². The van der Waals surface area contributed by atoms with Crippen molar-refractivity contribution in [2.24, 2.45) is 0 Å². The Labute approximate surface area is 215 Å². The van der Waals surface area contributed by atoms with Crippen LogP contribution in [0.5, 0.6) is 0 Å². The molecule has 35 heavy (non-hydrogen) atoms. The van der Waals surface area contributed by atoms with Gasteiger partial charge in [0, 0.05) is 10.8 Å². The topological polar surface area (TPSA) is 13.1 Å². The molecule has 0 radical (unpaired) electrons. The van der Waals surface area contributed by atoms with Crippen LogP contribution in [0.25, 0.3) is 76.2 Å². The van der Waals surface area contributed by atoms with Crippen LogP contribution in [0.1, 0.15) is 13.7 Å². The first-order chi connectivity index (χ1) is 21.5. The summed E-state index contributed by atoms with van der Waals surface area (Å²) in [5, 5.41) is 2.84. The molecule has 0 saturated heterocycles. The second-order valence-corrected chi connectivity index (χ2v) is 8.55. The zero-order valence-electron chi connectivity index (χ0n) is 28.2. The van der Waals surface area contributed by atoms with E-state index in [-0.39, 0.29) is 56.5 Å². The molecule has 8 rings (SSSR count). The summed E-state index contributed by atoms with van der Waals surface area (Å²) in [6, 6.07) is 14.7. The number of fused-ring (bicyclic) bond motifs is 8. The first-order valence-electron chi connectivity index (χ1n) is 16.2. The molecule has 1 aromatic heterocycles. The van der Waals surface area contributed by atoms with Crippen LogP contribution < -0.4 is 0 Å². The van der Waals surface area contributed by atoms with Crippen LogP contribution in [0, 0.1) is 0 Å². The van der Waals surface area contributed by atoms with Crippen LogP contribution in [0.2, 0.25) is 0 Å². The van der Waals surface area contributed by atoms with E-state index in [0.29, 0.717) is 22.3 Å². The molecule has 0 fully saturated rings. The molecular weight excluding hydrogens is 424 g/mol. The Morgan fingerprint density at radius 3 is 2.31 bits per heavy atom. The average molecular weight is 455 g/mol. The lowest BCUT2D eigenvalue weighted by molar-refractivity contribution is 0.669. The number of rotatable bonds is 1. The summed E-state index contributed by atoms with van der Waals surface area (Å²) in [4.78, 5) is 0. The fourth-order valence-corrected chi connectivity index (χ4v) is 4.90. The third-order valence-corrected chi connectivity index (χ3v) is 6.52. The summed E-state index contributed by atoms with van der Waals surface area (Å²) < 4.78 is 93.8. The van der Waals surface area contributed by atoms with Gasteiger partial charge in [-0.15, -0.1) is 0 Å². The first kappa shape index (κ1) is 11.7. The Morgan fingerprint density at radius 2 is 1.37 bits per heavy atom. The van der Waals surface area contributed by atoms with E-state index in [1.165, 1.54) is 6.07 Å². The maximum atomic E-state index is 9.38. The van der Waals surface area contributed by atoms with Crippen LogP contribution in [0.3, 0.4) is 0 Å². The molecule has 0 amide bonds. The predicted molar refractivity (Wildman–Crippen MR) is 149 cm³/mol. The highest BCUT2D eigenvalue weighted by atomic mass is 16.3. The summed E-state index contributed by atoms with van der Waals surface area (Å²) >= 11 is 0. The lowest BCUT2D eigenvalue weighted by Crippen LogP contribution is -1.83. The van der Waals surface area contributed by atoms with Gasteiger partial charge in [0.15, 0.2) is 0 Å². The van der Waals surface area contributed by atoms with Gasteiger partial charge < -0.3 is 4.42 Å². The van der Waals surface area contributed by atoms with Crippen molar-refractivity contribution in [1.29, 1.82) is 0 Å². The summed E-state index contributed by atoms with van der Waals surface area (Å²) in [5.74, 6) is 0. The quantitative estimate of drug-likeness (QED) is 0.178. The first-order valence-corrected chi connectivity index (χ1v) is 11.2. The summed E-state index contributed by atoms with van der Waals surface area (Å²) in [6.07, 6.45) is 0. The third kappa shape index (κ3) is 2.76. The van der Waals surface area contributed by atoms with Crippen LogP contribution in [-0.2, 0) is 0 Å². The highest BCUT2D eigenvalue weighted by Crippen LogP contribution is 2.39. The van der Waals surface area contributed by atoms with Crippen molar-refractivity contribution in [3.05, 3.63) is 121 Å². The van der Waals surface area contributed by atoms with Crippen molar-refractivity contribution in [2.45, 2.75) is 0 Å². The number of furan rings is 1. The Kier molecular flexibility index (Phi) is 2.32. The Morgan fingerprint density at radius 1 is 0.514 bits per heavy atom. The second kappa shape index (κ2) is 6.94. The van der Waals surface area contributed by atoms with Gasteiger partial charge in [-0.25, -0.2) is 0 Å². The Hall–Kier alpha value is -4.62. The molecular formula is C34H20O. The monoisotopic (exact) mass is 454 g/mol. The zero-order valence-corrected chi connectivity index (χ0v) is 18.2. The normalized spacial score (nSPS) is 16.0. The van der Waals surface area contributed by atoms with Gasteiger partial charge in [0.25, 0.3) is 0 Å². The third-order valence-electron chi connectivity index (χ3n) is 6.52. The predicted octanol–water partition coefficient (Wildman–Crippen LogP) is 9.87. The minimum atomic E-state index is -0.566. The number of hydrogen-bond donors (Lipinski definition) is 0. The molecule has 0 aliphatic carbocycles. The highest BCUT2D eigenvalue weighted by Gasteiger charge is 2.14. The Balaban J connectivity index is 1.56. The van der Waals surface area contributed by atoms with Crippen molar-refractivity contribution in [2.75, 3.05) is 0 Å². The molecule has 1 heterocycles. The summed E-state index contributed by atoms with van der Waals surface area (Å²) in [6.45, 7) is 0. The lowest BCUT2D eigenvalue weighted by Gasteiger charge is -2.09. The molecule has 0 atom stereocenters. The van der Waals surface area contributed by atoms with Gasteiger partial charge in [-0.05, 0) is 90.5 Å². The minimum Gasteiger partial charge on any atom is -0.456 e. The highest BCUT2D eigenvalue weighted by molar-refractivity contribution is 6.17. The summed E-state index contributed by atoms with van der Waals surface area (Å²) in [7, 11) is 0. The maximum absolute atomic E-state index is 9.38. The summed E-state index contributed by atoms with van der Waals surface area (Å²) in [5.41, 5.74) is 2.17. The molecule has 0 unspecified atom stereocenters. The van der Waals surface area contributed by atoms with E-state index in [1.54, 1.807) is 6.07 Å².